The zero-order valence-corrected chi connectivity index (χ0v) is 15.5. The summed E-state index contributed by atoms with van der Waals surface area (Å²) in [6.45, 7) is 2.83. The lowest BCUT2D eigenvalue weighted by molar-refractivity contribution is -0.121. The zero-order chi connectivity index (χ0) is 17.5. The van der Waals surface area contributed by atoms with E-state index < -0.39 is 0 Å². The smallest absolute Gasteiger partial charge is 0.220 e. The predicted molar refractivity (Wildman–Crippen MR) is 99.2 cm³/mol. The van der Waals surface area contributed by atoms with E-state index in [1.807, 2.05) is 25.1 Å². The Balaban J connectivity index is 1.68. The number of aryl methyl sites for hydroxylation is 1. The predicted octanol–water partition coefficient (Wildman–Crippen LogP) is 5.43. The first-order chi connectivity index (χ1) is 11.5. The first kappa shape index (κ1) is 18.9. The molecular weight excluding hydrogens is 369 g/mol. The average Bonchev–Trinajstić information content (AvgIpc) is 2.54. The quantitative estimate of drug-likeness (QED) is 0.644. The summed E-state index contributed by atoms with van der Waals surface area (Å²) in [6.07, 6.45) is 1.03. The first-order valence-electron chi connectivity index (χ1n) is 7.55. The zero-order valence-electron chi connectivity index (χ0n) is 13.2. The highest BCUT2D eigenvalue weighted by Gasteiger charge is 2.05. The highest BCUT2D eigenvalue weighted by Crippen LogP contribution is 2.23. The number of benzene rings is 2. The van der Waals surface area contributed by atoms with Gasteiger partial charge in [-0.3, -0.25) is 4.79 Å². The molecule has 2 aromatic carbocycles. The monoisotopic (exact) mass is 385 g/mol. The van der Waals surface area contributed by atoms with Crippen molar-refractivity contribution in [1.29, 1.82) is 0 Å². The minimum Gasteiger partial charge on any atom is -0.493 e. The molecule has 0 bridgehead atoms. The van der Waals surface area contributed by atoms with Crippen molar-refractivity contribution in [2.24, 2.45) is 0 Å². The van der Waals surface area contributed by atoms with Gasteiger partial charge in [0.2, 0.25) is 5.91 Å². The van der Waals surface area contributed by atoms with Crippen LogP contribution in [0.5, 0.6) is 5.75 Å². The Morgan fingerprint density at radius 2 is 1.88 bits per heavy atom. The summed E-state index contributed by atoms with van der Waals surface area (Å²) in [5.74, 6) is 0.758. The molecule has 2 rings (SSSR count). The maximum absolute atomic E-state index is 11.8. The summed E-state index contributed by atoms with van der Waals surface area (Å²) in [4.78, 5) is 11.8. The second kappa shape index (κ2) is 9.16. The Hall–Kier alpha value is -1.42. The Morgan fingerprint density at radius 1 is 1.08 bits per heavy atom. The van der Waals surface area contributed by atoms with Crippen LogP contribution in [0.2, 0.25) is 15.1 Å². The number of rotatable bonds is 7. The number of amides is 1. The van der Waals surface area contributed by atoms with Crippen LogP contribution in [-0.4, -0.2) is 12.5 Å². The fraction of sp³-hybridized carbons (Fsp3) is 0.278. The normalized spacial score (nSPS) is 10.5. The van der Waals surface area contributed by atoms with Gasteiger partial charge in [-0.15, -0.1) is 0 Å². The molecule has 2 aromatic rings. The molecule has 0 spiro atoms. The lowest BCUT2D eigenvalue weighted by Crippen LogP contribution is -2.23. The molecule has 0 saturated carbocycles. The number of carbonyl (C=O) groups is 1. The molecule has 3 nitrogen and oxygen atoms in total. The van der Waals surface area contributed by atoms with Gasteiger partial charge in [0, 0.05) is 18.0 Å². The van der Waals surface area contributed by atoms with E-state index in [0.29, 0.717) is 41.1 Å². The summed E-state index contributed by atoms with van der Waals surface area (Å²) in [6, 6.07) is 10.8. The van der Waals surface area contributed by atoms with Gasteiger partial charge in [0.1, 0.15) is 5.75 Å². The minimum absolute atomic E-state index is 0.0301. The Bertz CT molecular complexity index is 719. The van der Waals surface area contributed by atoms with Gasteiger partial charge >= 0.3 is 0 Å². The molecule has 0 aromatic heterocycles. The van der Waals surface area contributed by atoms with E-state index in [0.717, 1.165) is 16.9 Å². The lowest BCUT2D eigenvalue weighted by Gasteiger charge is -2.10. The van der Waals surface area contributed by atoms with Crippen molar-refractivity contribution >= 4 is 40.7 Å². The van der Waals surface area contributed by atoms with Crippen LogP contribution < -0.4 is 10.1 Å². The number of halogens is 3. The molecule has 1 amide bonds. The van der Waals surface area contributed by atoms with Gasteiger partial charge in [-0.2, -0.15) is 0 Å². The van der Waals surface area contributed by atoms with Gasteiger partial charge in [0.15, 0.2) is 0 Å². The van der Waals surface area contributed by atoms with Crippen molar-refractivity contribution in [3.05, 3.63) is 62.6 Å². The van der Waals surface area contributed by atoms with Crippen LogP contribution in [-0.2, 0) is 11.3 Å². The third-order valence-corrected chi connectivity index (χ3v) is 4.39. The fourth-order valence-corrected chi connectivity index (χ4v) is 2.68. The van der Waals surface area contributed by atoms with Crippen LogP contribution in [0.15, 0.2) is 36.4 Å². The van der Waals surface area contributed by atoms with E-state index in [1.165, 1.54) is 0 Å². The van der Waals surface area contributed by atoms with Crippen molar-refractivity contribution in [2.75, 3.05) is 6.61 Å². The molecule has 0 saturated heterocycles. The third kappa shape index (κ3) is 5.90. The van der Waals surface area contributed by atoms with Gasteiger partial charge in [0.25, 0.3) is 0 Å². The van der Waals surface area contributed by atoms with E-state index in [1.54, 1.807) is 18.2 Å². The SMILES string of the molecule is Cc1cc(Cl)ccc1OCCCC(=O)NCc1ccc(Cl)c(Cl)c1. The van der Waals surface area contributed by atoms with Gasteiger partial charge < -0.3 is 10.1 Å². The summed E-state index contributed by atoms with van der Waals surface area (Å²) >= 11 is 17.7. The molecular formula is C18H18Cl3NO2. The number of nitrogens with one attached hydrogen (secondary N) is 1. The molecule has 128 valence electrons. The van der Waals surface area contributed by atoms with Crippen LogP contribution in [0.25, 0.3) is 0 Å². The number of hydrogen-bond donors (Lipinski definition) is 1. The summed E-state index contributed by atoms with van der Waals surface area (Å²) in [7, 11) is 0. The number of hydrogen-bond acceptors (Lipinski definition) is 2. The maximum Gasteiger partial charge on any atom is 0.220 e. The molecule has 0 heterocycles. The van der Waals surface area contributed by atoms with Gasteiger partial charge in [-0.25, -0.2) is 0 Å². The summed E-state index contributed by atoms with van der Waals surface area (Å²) < 4.78 is 5.66. The Labute approximate surface area is 156 Å². The molecule has 24 heavy (non-hydrogen) atoms. The molecule has 1 N–H and O–H groups in total. The molecule has 0 radical (unpaired) electrons. The van der Waals surface area contributed by atoms with Crippen LogP contribution >= 0.6 is 34.8 Å². The summed E-state index contributed by atoms with van der Waals surface area (Å²) in [5.41, 5.74) is 1.89. The Kier molecular flexibility index (Phi) is 7.22. The summed E-state index contributed by atoms with van der Waals surface area (Å²) in [5, 5.41) is 4.51. The molecule has 0 unspecified atom stereocenters. The van der Waals surface area contributed by atoms with E-state index >= 15 is 0 Å². The van der Waals surface area contributed by atoms with E-state index in [9.17, 15) is 4.79 Å². The van der Waals surface area contributed by atoms with Crippen molar-refractivity contribution in [3.63, 3.8) is 0 Å². The van der Waals surface area contributed by atoms with Crippen molar-refractivity contribution in [2.45, 2.75) is 26.3 Å². The van der Waals surface area contributed by atoms with Crippen molar-refractivity contribution < 1.29 is 9.53 Å². The standard InChI is InChI=1S/C18H18Cl3NO2/c1-12-9-14(19)5-7-17(12)24-8-2-3-18(23)22-11-13-4-6-15(20)16(21)10-13/h4-7,9-10H,2-3,8,11H2,1H3,(H,22,23). The average molecular weight is 387 g/mol. The number of carbonyl (C=O) groups excluding carboxylic acids is 1. The second-order valence-corrected chi connectivity index (χ2v) is 6.64. The van der Waals surface area contributed by atoms with Gasteiger partial charge in [0.05, 0.1) is 16.7 Å². The molecule has 0 aliphatic rings. The van der Waals surface area contributed by atoms with Crippen molar-refractivity contribution in [3.8, 4) is 5.75 Å². The maximum atomic E-state index is 11.8. The lowest BCUT2D eigenvalue weighted by atomic mass is 10.2. The van der Waals surface area contributed by atoms with Crippen LogP contribution in [0, 0.1) is 6.92 Å². The third-order valence-electron chi connectivity index (χ3n) is 3.42. The molecule has 0 atom stereocenters. The van der Waals surface area contributed by atoms with Crippen LogP contribution in [0.3, 0.4) is 0 Å². The minimum atomic E-state index is -0.0301. The van der Waals surface area contributed by atoms with Crippen LogP contribution in [0.4, 0.5) is 0 Å². The van der Waals surface area contributed by atoms with Crippen molar-refractivity contribution in [1.82, 2.24) is 5.32 Å². The topological polar surface area (TPSA) is 38.3 Å². The van der Waals surface area contributed by atoms with E-state index in [2.05, 4.69) is 5.32 Å². The second-order valence-electron chi connectivity index (χ2n) is 5.39. The van der Waals surface area contributed by atoms with Gasteiger partial charge in [-0.1, -0.05) is 40.9 Å². The molecule has 0 fully saturated rings. The number of ether oxygens (including phenoxy) is 1. The largest absolute Gasteiger partial charge is 0.493 e. The molecule has 0 aliphatic heterocycles. The van der Waals surface area contributed by atoms with E-state index in [4.69, 9.17) is 39.5 Å². The molecule has 6 heteroatoms. The fourth-order valence-electron chi connectivity index (χ4n) is 2.13. The first-order valence-corrected chi connectivity index (χ1v) is 8.68. The molecule has 0 aliphatic carbocycles. The highest BCUT2D eigenvalue weighted by atomic mass is 35.5. The Morgan fingerprint density at radius 3 is 2.58 bits per heavy atom. The van der Waals surface area contributed by atoms with Crippen LogP contribution in [0.1, 0.15) is 24.0 Å². The van der Waals surface area contributed by atoms with Gasteiger partial charge in [-0.05, 0) is 54.8 Å². The highest BCUT2D eigenvalue weighted by molar-refractivity contribution is 6.42. The van der Waals surface area contributed by atoms with E-state index in [-0.39, 0.29) is 5.91 Å².